The summed E-state index contributed by atoms with van der Waals surface area (Å²) in [4.78, 5) is 25.2. The first kappa shape index (κ1) is 13.3. The fourth-order valence-corrected chi connectivity index (χ4v) is 2.90. The van der Waals surface area contributed by atoms with Crippen LogP contribution in [0.2, 0.25) is 0 Å². The second-order valence-electron chi connectivity index (χ2n) is 5.52. The number of carbonyl (C=O) groups excluding carboxylic acids is 1. The van der Waals surface area contributed by atoms with Crippen molar-refractivity contribution in [2.45, 2.75) is 51.1 Å². The van der Waals surface area contributed by atoms with Gasteiger partial charge in [0, 0.05) is 6.54 Å². The lowest BCUT2D eigenvalue weighted by Gasteiger charge is -2.38. The van der Waals surface area contributed by atoms with Gasteiger partial charge in [0.15, 0.2) is 0 Å². The fourth-order valence-electron chi connectivity index (χ4n) is 2.90. The smallest absolute Gasteiger partial charge is 0.326 e. The molecule has 0 bridgehead atoms. The molecule has 2 N–H and O–H groups in total. The fraction of sp³-hybridized carbons (Fsp3) is 0.846. The lowest BCUT2D eigenvalue weighted by molar-refractivity contribution is -0.154. The number of nitrogens with zero attached hydrogens (tertiary/aromatic N) is 1. The quantitative estimate of drug-likeness (QED) is 0.766. The van der Waals surface area contributed by atoms with E-state index in [0.717, 1.165) is 32.2 Å². The maximum Gasteiger partial charge on any atom is 0.326 e. The molecule has 0 aromatic heterocycles. The first-order chi connectivity index (χ1) is 8.59. The van der Waals surface area contributed by atoms with Crippen LogP contribution in [0.5, 0.6) is 0 Å². The molecule has 5 heteroatoms. The Kier molecular flexibility index (Phi) is 4.22. The van der Waals surface area contributed by atoms with Gasteiger partial charge in [-0.25, -0.2) is 4.79 Å². The third-order valence-corrected chi connectivity index (χ3v) is 4.04. The van der Waals surface area contributed by atoms with E-state index in [1.165, 1.54) is 0 Å². The van der Waals surface area contributed by atoms with Gasteiger partial charge in [-0.2, -0.15) is 0 Å². The van der Waals surface area contributed by atoms with Crippen molar-refractivity contribution >= 4 is 11.9 Å². The maximum absolute atomic E-state index is 12.4. The van der Waals surface area contributed by atoms with Crippen LogP contribution >= 0.6 is 0 Å². The molecule has 2 rings (SSSR count). The van der Waals surface area contributed by atoms with Gasteiger partial charge in [0.2, 0.25) is 5.91 Å². The molecule has 102 valence electrons. The summed E-state index contributed by atoms with van der Waals surface area (Å²) in [5.74, 6) is -0.505. The van der Waals surface area contributed by atoms with Gasteiger partial charge >= 0.3 is 5.97 Å². The number of aliphatic carboxylic acids is 1. The maximum atomic E-state index is 12.4. The summed E-state index contributed by atoms with van der Waals surface area (Å²) in [5, 5.41) is 12.5. The molecular weight excluding hydrogens is 232 g/mol. The van der Waals surface area contributed by atoms with Crippen molar-refractivity contribution in [3.8, 4) is 0 Å². The van der Waals surface area contributed by atoms with Crippen molar-refractivity contribution in [2.24, 2.45) is 5.92 Å². The molecule has 18 heavy (non-hydrogen) atoms. The Labute approximate surface area is 108 Å². The number of hydrogen-bond acceptors (Lipinski definition) is 3. The zero-order valence-electron chi connectivity index (χ0n) is 10.9. The Morgan fingerprint density at radius 3 is 2.67 bits per heavy atom. The third kappa shape index (κ3) is 2.83. The van der Waals surface area contributed by atoms with Gasteiger partial charge in [-0.3, -0.25) is 4.79 Å². The van der Waals surface area contributed by atoms with Crippen molar-refractivity contribution in [3.63, 3.8) is 0 Å². The van der Waals surface area contributed by atoms with Gasteiger partial charge in [-0.15, -0.1) is 0 Å². The first-order valence-corrected chi connectivity index (χ1v) is 6.86. The molecule has 5 nitrogen and oxygen atoms in total. The van der Waals surface area contributed by atoms with Crippen LogP contribution in [0.25, 0.3) is 0 Å². The number of likely N-dealkylation sites (tertiary alicyclic amines) is 1. The molecule has 0 aromatic rings. The molecule has 0 aliphatic carbocycles. The molecule has 2 saturated heterocycles. The van der Waals surface area contributed by atoms with Crippen LogP contribution < -0.4 is 5.32 Å². The molecular formula is C13H22N2O3. The summed E-state index contributed by atoms with van der Waals surface area (Å²) >= 11 is 0. The summed E-state index contributed by atoms with van der Waals surface area (Å²) in [6, 6.07) is -0.806. The van der Waals surface area contributed by atoms with E-state index in [9.17, 15) is 14.7 Å². The molecule has 1 amide bonds. The minimum atomic E-state index is -0.870. The highest BCUT2D eigenvalue weighted by Crippen LogP contribution is 2.24. The van der Waals surface area contributed by atoms with Gasteiger partial charge in [-0.05, 0) is 38.1 Å². The standard InChI is InChI=1S/C13H22N2O3/c1-9-5-7-15(11(8-9)13(17)18)12(16)10-4-2-3-6-14-10/h9-11,14H,2-8H2,1H3,(H,17,18)/t9?,10-,11?/m0/s1. The molecule has 0 radical (unpaired) electrons. The number of amides is 1. The molecule has 2 unspecified atom stereocenters. The van der Waals surface area contributed by atoms with Gasteiger partial charge in [0.1, 0.15) is 6.04 Å². The predicted molar refractivity (Wildman–Crippen MR) is 67.2 cm³/mol. The lowest BCUT2D eigenvalue weighted by atomic mass is 9.91. The van der Waals surface area contributed by atoms with Gasteiger partial charge in [0.25, 0.3) is 0 Å². The van der Waals surface area contributed by atoms with Crippen molar-refractivity contribution in [1.29, 1.82) is 0 Å². The van der Waals surface area contributed by atoms with Crippen LogP contribution in [-0.2, 0) is 9.59 Å². The van der Waals surface area contributed by atoms with Crippen LogP contribution in [0.1, 0.15) is 39.0 Å². The number of nitrogens with one attached hydrogen (secondary N) is 1. The van der Waals surface area contributed by atoms with Crippen LogP contribution in [0, 0.1) is 5.92 Å². The van der Waals surface area contributed by atoms with Crippen molar-refractivity contribution in [3.05, 3.63) is 0 Å². The van der Waals surface area contributed by atoms with Crippen molar-refractivity contribution in [2.75, 3.05) is 13.1 Å². The molecule has 2 aliphatic rings. The van der Waals surface area contributed by atoms with Gasteiger partial charge < -0.3 is 15.3 Å². The second-order valence-corrected chi connectivity index (χ2v) is 5.52. The highest BCUT2D eigenvalue weighted by atomic mass is 16.4. The van der Waals surface area contributed by atoms with Crippen LogP contribution in [0.15, 0.2) is 0 Å². The largest absolute Gasteiger partial charge is 0.480 e. The zero-order valence-corrected chi connectivity index (χ0v) is 10.9. The Balaban J connectivity index is 2.04. The van der Waals surface area contributed by atoms with Crippen molar-refractivity contribution in [1.82, 2.24) is 10.2 Å². The minimum Gasteiger partial charge on any atom is -0.480 e. The van der Waals surface area contributed by atoms with E-state index in [1.54, 1.807) is 4.90 Å². The number of rotatable bonds is 2. The first-order valence-electron chi connectivity index (χ1n) is 6.86. The molecule has 3 atom stereocenters. The number of hydrogen-bond donors (Lipinski definition) is 2. The Morgan fingerprint density at radius 2 is 2.06 bits per heavy atom. The zero-order chi connectivity index (χ0) is 13.1. The SMILES string of the molecule is CC1CCN(C(=O)[C@@H]2CCCCN2)C(C(=O)O)C1. The topological polar surface area (TPSA) is 69.6 Å². The van der Waals surface area contributed by atoms with E-state index in [2.05, 4.69) is 12.2 Å². The van der Waals surface area contributed by atoms with E-state index in [-0.39, 0.29) is 11.9 Å². The lowest BCUT2D eigenvalue weighted by Crippen LogP contribution is -2.56. The van der Waals surface area contributed by atoms with E-state index >= 15 is 0 Å². The van der Waals surface area contributed by atoms with Gasteiger partial charge in [-0.1, -0.05) is 13.3 Å². The minimum absolute atomic E-state index is 0.0194. The summed E-state index contributed by atoms with van der Waals surface area (Å²) in [6.45, 7) is 3.49. The number of carboxylic acid groups (broad SMARTS) is 1. The van der Waals surface area contributed by atoms with Crippen molar-refractivity contribution < 1.29 is 14.7 Å². The molecule has 0 aromatic carbocycles. The highest BCUT2D eigenvalue weighted by molar-refractivity contribution is 5.87. The van der Waals surface area contributed by atoms with E-state index in [1.807, 2.05) is 0 Å². The van der Waals surface area contributed by atoms with E-state index < -0.39 is 12.0 Å². The van der Waals surface area contributed by atoms with Gasteiger partial charge in [0.05, 0.1) is 6.04 Å². The second kappa shape index (κ2) is 5.69. The Hall–Kier alpha value is -1.10. The third-order valence-electron chi connectivity index (χ3n) is 4.04. The number of carbonyl (C=O) groups is 2. The normalized spacial score (nSPS) is 33.2. The highest BCUT2D eigenvalue weighted by Gasteiger charge is 2.37. The Bertz CT molecular complexity index is 326. The Morgan fingerprint density at radius 1 is 1.28 bits per heavy atom. The monoisotopic (exact) mass is 254 g/mol. The van der Waals surface area contributed by atoms with E-state index in [0.29, 0.717) is 18.9 Å². The molecule has 2 aliphatic heterocycles. The van der Waals surface area contributed by atoms with Crippen LogP contribution in [0.4, 0.5) is 0 Å². The molecule has 0 saturated carbocycles. The summed E-state index contributed by atoms with van der Waals surface area (Å²) in [6.07, 6.45) is 4.46. The summed E-state index contributed by atoms with van der Waals surface area (Å²) < 4.78 is 0. The van der Waals surface area contributed by atoms with E-state index in [4.69, 9.17) is 0 Å². The number of carboxylic acids is 1. The molecule has 0 spiro atoms. The molecule has 2 fully saturated rings. The summed E-state index contributed by atoms with van der Waals surface area (Å²) in [7, 11) is 0. The molecule has 2 heterocycles. The van der Waals surface area contributed by atoms with Crippen LogP contribution in [-0.4, -0.2) is 47.1 Å². The average molecular weight is 254 g/mol. The average Bonchev–Trinajstić information content (AvgIpc) is 2.39. The predicted octanol–water partition coefficient (Wildman–Crippen LogP) is 0.840. The van der Waals surface area contributed by atoms with Crippen LogP contribution in [0.3, 0.4) is 0 Å². The number of piperidine rings is 2. The summed E-state index contributed by atoms with van der Waals surface area (Å²) in [5.41, 5.74) is 0.